The standard InChI is InChI=1S/C28H30O3.C4H6O/c1-20(2)28(29)31-27-18-15-25(19-21(27)3)24-13-9-22(10-14-24)7-5-6-8-23-11-16-26(30-4)17-12-23;1-4(2)3-5/h9-19H,1,5-8H2,2-4H3;3H,1H2,2H3. The molecule has 0 saturated heterocycles. The SMILES string of the molecule is C=C(C)C(=O)Oc1ccc(-c2ccc(CCCCc3ccc(OC)cc3)cc2)cc1C.C=C(C)C=O. The van der Waals surface area contributed by atoms with Crippen molar-refractivity contribution in [1.82, 2.24) is 0 Å². The van der Waals surface area contributed by atoms with Gasteiger partial charge in [0, 0.05) is 5.57 Å². The monoisotopic (exact) mass is 484 g/mol. The molecule has 4 heteroatoms. The van der Waals surface area contributed by atoms with Gasteiger partial charge in [0.15, 0.2) is 0 Å². The molecular formula is C32H36O4. The molecule has 36 heavy (non-hydrogen) atoms. The number of rotatable bonds is 10. The maximum Gasteiger partial charge on any atom is 0.338 e. The summed E-state index contributed by atoms with van der Waals surface area (Å²) in [6, 6.07) is 22.9. The van der Waals surface area contributed by atoms with Crippen LogP contribution >= 0.6 is 0 Å². The van der Waals surface area contributed by atoms with Gasteiger partial charge in [-0.15, -0.1) is 0 Å². The molecule has 0 saturated carbocycles. The van der Waals surface area contributed by atoms with Crippen LogP contribution < -0.4 is 9.47 Å². The largest absolute Gasteiger partial charge is 0.497 e. The summed E-state index contributed by atoms with van der Waals surface area (Å²) in [5.41, 5.74) is 6.86. The van der Waals surface area contributed by atoms with Gasteiger partial charge >= 0.3 is 5.97 Å². The van der Waals surface area contributed by atoms with E-state index in [0.717, 1.165) is 54.4 Å². The van der Waals surface area contributed by atoms with E-state index in [4.69, 9.17) is 9.47 Å². The quantitative estimate of drug-likeness (QED) is 0.0984. The van der Waals surface area contributed by atoms with Crippen LogP contribution in [0.5, 0.6) is 11.5 Å². The van der Waals surface area contributed by atoms with Gasteiger partial charge in [-0.3, -0.25) is 4.79 Å². The van der Waals surface area contributed by atoms with Gasteiger partial charge in [-0.25, -0.2) is 4.79 Å². The second-order valence-corrected chi connectivity index (χ2v) is 8.87. The van der Waals surface area contributed by atoms with Crippen LogP contribution in [0.2, 0.25) is 0 Å². The first kappa shape index (κ1) is 28.3. The second-order valence-electron chi connectivity index (χ2n) is 8.87. The van der Waals surface area contributed by atoms with Gasteiger partial charge < -0.3 is 9.47 Å². The zero-order chi connectivity index (χ0) is 26.5. The number of aryl methyl sites for hydroxylation is 3. The molecule has 0 aliphatic carbocycles. The van der Waals surface area contributed by atoms with Gasteiger partial charge in [-0.1, -0.05) is 55.6 Å². The number of aldehydes is 1. The summed E-state index contributed by atoms with van der Waals surface area (Å²) >= 11 is 0. The highest BCUT2D eigenvalue weighted by atomic mass is 16.5. The highest BCUT2D eigenvalue weighted by Crippen LogP contribution is 2.27. The Balaban J connectivity index is 0.000000830. The average molecular weight is 485 g/mol. The van der Waals surface area contributed by atoms with Crippen molar-refractivity contribution in [3.05, 3.63) is 108 Å². The number of unbranched alkanes of at least 4 members (excludes halogenated alkanes) is 1. The molecule has 0 amide bonds. The molecule has 0 aliphatic rings. The lowest BCUT2D eigenvalue weighted by Gasteiger charge is -2.10. The van der Waals surface area contributed by atoms with E-state index in [2.05, 4.69) is 49.6 Å². The molecule has 4 nitrogen and oxygen atoms in total. The van der Waals surface area contributed by atoms with Crippen LogP contribution in [0.15, 0.2) is 91.0 Å². The first-order valence-electron chi connectivity index (χ1n) is 12.0. The third-order valence-electron chi connectivity index (χ3n) is 5.55. The predicted octanol–water partition coefficient (Wildman–Crippen LogP) is 7.48. The number of ether oxygens (including phenoxy) is 2. The molecule has 0 atom stereocenters. The maximum atomic E-state index is 11.7. The fourth-order valence-corrected chi connectivity index (χ4v) is 3.44. The molecule has 0 spiro atoms. The zero-order valence-electron chi connectivity index (χ0n) is 21.8. The van der Waals surface area contributed by atoms with Crippen LogP contribution in [0.4, 0.5) is 0 Å². The Morgan fingerprint density at radius 1 is 0.833 bits per heavy atom. The summed E-state index contributed by atoms with van der Waals surface area (Å²) in [6.45, 7) is 12.2. The maximum absolute atomic E-state index is 11.7. The van der Waals surface area contributed by atoms with E-state index in [9.17, 15) is 9.59 Å². The lowest BCUT2D eigenvalue weighted by molar-refractivity contribution is -0.130. The number of carbonyl (C=O) groups excluding carboxylic acids is 2. The number of carbonyl (C=O) groups is 2. The van der Waals surface area contributed by atoms with E-state index in [1.165, 1.54) is 11.1 Å². The summed E-state index contributed by atoms with van der Waals surface area (Å²) in [4.78, 5) is 21.1. The zero-order valence-corrected chi connectivity index (χ0v) is 21.8. The molecule has 0 aromatic heterocycles. The van der Waals surface area contributed by atoms with E-state index in [-0.39, 0.29) is 0 Å². The third-order valence-corrected chi connectivity index (χ3v) is 5.55. The molecule has 0 radical (unpaired) electrons. The van der Waals surface area contributed by atoms with Gasteiger partial charge in [0.1, 0.15) is 17.8 Å². The minimum Gasteiger partial charge on any atom is -0.497 e. The van der Waals surface area contributed by atoms with Crippen molar-refractivity contribution >= 4 is 12.3 Å². The molecule has 3 aromatic rings. The van der Waals surface area contributed by atoms with Gasteiger partial charge in [0.25, 0.3) is 0 Å². The molecular weight excluding hydrogens is 448 g/mol. The normalized spacial score (nSPS) is 10.0. The van der Waals surface area contributed by atoms with E-state index in [0.29, 0.717) is 16.9 Å². The van der Waals surface area contributed by atoms with Gasteiger partial charge in [-0.2, -0.15) is 0 Å². The summed E-state index contributed by atoms with van der Waals surface area (Å²) in [5.74, 6) is 1.08. The fourth-order valence-electron chi connectivity index (χ4n) is 3.44. The smallest absolute Gasteiger partial charge is 0.338 e. The molecule has 0 fully saturated rings. The number of benzene rings is 3. The summed E-state index contributed by atoms with van der Waals surface area (Å²) in [5, 5.41) is 0. The summed E-state index contributed by atoms with van der Waals surface area (Å²) < 4.78 is 10.6. The van der Waals surface area contributed by atoms with Crippen molar-refractivity contribution in [2.45, 2.75) is 46.5 Å². The minimum absolute atomic E-state index is 0.392. The van der Waals surface area contributed by atoms with Crippen molar-refractivity contribution in [3.8, 4) is 22.6 Å². The second kappa shape index (κ2) is 14.5. The number of esters is 1. The Morgan fingerprint density at radius 3 is 1.78 bits per heavy atom. The van der Waals surface area contributed by atoms with Crippen molar-refractivity contribution in [2.75, 3.05) is 7.11 Å². The average Bonchev–Trinajstić information content (AvgIpc) is 2.88. The number of methoxy groups -OCH3 is 1. The van der Waals surface area contributed by atoms with Gasteiger partial charge in [0.05, 0.1) is 7.11 Å². The summed E-state index contributed by atoms with van der Waals surface area (Å²) in [7, 11) is 1.69. The van der Waals surface area contributed by atoms with Crippen molar-refractivity contribution < 1.29 is 19.1 Å². The lowest BCUT2D eigenvalue weighted by atomic mass is 9.99. The number of hydrogen-bond acceptors (Lipinski definition) is 4. The molecule has 0 bridgehead atoms. The molecule has 0 heterocycles. The van der Waals surface area contributed by atoms with E-state index < -0.39 is 5.97 Å². The number of allylic oxidation sites excluding steroid dienone is 1. The van der Waals surface area contributed by atoms with E-state index >= 15 is 0 Å². The highest BCUT2D eigenvalue weighted by Gasteiger charge is 2.09. The van der Waals surface area contributed by atoms with E-state index in [1.54, 1.807) is 21.0 Å². The Kier molecular flexibility index (Phi) is 11.4. The van der Waals surface area contributed by atoms with Gasteiger partial charge in [-0.05, 0) is 104 Å². The number of hydrogen-bond donors (Lipinski definition) is 0. The Morgan fingerprint density at radius 2 is 1.33 bits per heavy atom. The molecule has 0 unspecified atom stereocenters. The van der Waals surface area contributed by atoms with Crippen LogP contribution in [0, 0.1) is 6.92 Å². The lowest BCUT2D eigenvalue weighted by Crippen LogP contribution is -2.09. The minimum atomic E-state index is -0.396. The van der Waals surface area contributed by atoms with Crippen molar-refractivity contribution in [3.63, 3.8) is 0 Å². The predicted molar refractivity (Wildman–Crippen MR) is 148 cm³/mol. The molecule has 3 rings (SSSR count). The first-order chi connectivity index (χ1) is 17.2. The van der Waals surface area contributed by atoms with E-state index in [1.807, 2.05) is 37.3 Å². The Hall–Kier alpha value is -3.92. The highest BCUT2D eigenvalue weighted by molar-refractivity contribution is 5.89. The third kappa shape index (κ3) is 9.38. The first-order valence-corrected chi connectivity index (χ1v) is 12.0. The Bertz CT molecular complexity index is 1170. The van der Waals surface area contributed by atoms with Crippen LogP contribution in [-0.4, -0.2) is 19.4 Å². The van der Waals surface area contributed by atoms with Crippen LogP contribution in [0.3, 0.4) is 0 Å². The molecule has 0 aliphatic heterocycles. The Labute approximate surface area is 215 Å². The van der Waals surface area contributed by atoms with Gasteiger partial charge in [0.2, 0.25) is 0 Å². The van der Waals surface area contributed by atoms with Crippen LogP contribution in [-0.2, 0) is 22.4 Å². The van der Waals surface area contributed by atoms with Crippen LogP contribution in [0.25, 0.3) is 11.1 Å². The summed E-state index contributed by atoms with van der Waals surface area (Å²) in [6.07, 6.45) is 5.21. The van der Waals surface area contributed by atoms with Crippen molar-refractivity contribution in [1.29, 1.82) is 0 Å². The molecule has 188 valence electrons. The topological polar surface area (TPSA) is 52.6 Å². The van der Waals surface area contributed by atoms with Crippen LogP contribution in [0.1, 0.15) is 43.4 Å². The fraction of sp³-hybridized carbons (Fsp3) is 0.250. The molecule has 0 N–H and O–H groups in total. The molecule has 3 aromatic carbocycles. The van der Waals surface area contributed by atoms with Crippen molar-refractivity contribution in [2.24, 2.45) is 0 Å².